The number of rotatable bonds is 12. The van der Waals surface area contributed by atoms with E-state index in [0.717, 1.165) is 0 Å². The molecular weight excluding hydrogens is 400 g/mol. The first-order valence-electron chi connectivity index (χ1n) is 8.83. The van der Waals surface area contributed by atoms with Gasteiger partial charge in [0, 0.05) is 6.42 Å². The van der Waals surface area contributed by atoms with Crippen LogP contribution in [0.15, 0.2) is 24.3 Å². The molecule has 0 spiro atoms. The maximum atomic E-state index is 12.6. The summed E-state index contributed by atoms with van der Waals surface area (Å²) < 4.78 is 0. The molecule has 7 N–H and O–H groups in total. The normalized spacial score (nSPS) is 12.5. The van der Waals surface area contributed by atoms with E-state index >= 15 is 0 Å². The molecule has 1 aromatic carbocycles. The third kappa shape index (κ3) is 9.30. The average molecular weight is 426 g/mol. The molecule has 29 heavy (non-hydrogen) atoms. The van der Waals surface area contributed by atoms with Crippen LogP contribution in [0.4, 0.5) is 0 Å². The highest BCUT2D eigenvalue weighted by atomic mass is 32.2. The number of amides is 3. The second kappa shape index (κ2) is 12.6. The molecule has 0 bridgehead atoms. The van der Waals surface area contributed by atoms with Gasteiger partial charge in [0.15, 0.2) is 0 Å². The van der Waals surface area contributed by atoms with Gasteiger partial charge in [-0.2, -0.15) is 11.8 Å². The number of hydrogen-bond donors (Lipinski definition) is 6. The maximum absolute atomic E-state index is 12.6. The zero-order valence-corrected chi connectivity index (χ0v) is 16.8. The second-order valence-corrected chi connectivity index (χ2v) is 7.14. The molecule has 2 unspecified atom stereocenters. The van der Waals surface area contributed by atoms with Crippen LogP contribution in [-0.4, -0.2) is 71.1 Å². The van der Waals surface area contributed by atoms with E-state index in [1.54, 1.807) is 12.1 Å². The Hall–Kier alpha value is -2.79. The van der Waals surface area contributed by atoms with Crippen molar-refractivity contribution in [3.05, 3.63) is 29.8 Å². The first-order valence-corrected chi connectivity index (χ1v) is 10.2. The number of phenolic OH excluding ortho intramolecular Hbond substituents is 1. The SMILES string of the molecule is CSCCC(NC(=O)CNC(=O)CN)C(=O)NC(Cc1ccc(O)cc1)C(=O)O. The van der Waals surface area contributed by atoms with Crippen LogP contribution < -0.4 is 21.7 Å². The number of carbonyl (C=O) groups excluding carboxylic acids is 3. The third-order valence-corrected chi connectivity index (χ3v) is 4.53. The summed E-state index contributed by atoms with van der Waals surface area (Å²) in [6.45, 7) is -0.601. The van der Waals surface area contributed by atoms with Crippen LogP contribution >= 0.6 is 11.8 Å². The smallest absolute Gasteiger partial charge is 0.326 e. The minimum Gasteiger partial charge on any atom is -0.508 e. The van der Waals surface area contributed by atoms with Crippen molar-refractivity contribution in [1.29, 1.82) is 0 Å². The van der Waals surface area contributed by atoms with Crippen LogP contribution in [0, 0.1) is 0 Å². The fourth-order valence-corrected chi connectivity index (χ4v) is 2.81. The highest BCUT2D eigenvalue weighted by molar-refractivity contribution is 7.98. The van der Waals surface area contributed by atoms with E-state index < -0.39 is 35.8 Å². The number of hydrogen-bond acceptors (Lipinski definition) is 7. The molecule has 1 rings (SSSR count). The molecule has 10 nitrogen and oxygen atoms in total. The number of phenols is 1. The number of thioether (sulfide) groups is 1. The molecule has 1 aromatic rings. The summed E-state index contributed by atoms with van der Waals surface area (Å²) in [5, 5.41) is 26.0. The van der Waals surface area contributed by atoms with E-state index in [0.29, 0.717) is 11.3 Å². The zero-order chi connectivity index (χ0) is 21.8. The van der Waals surface area contributed by atoms with Gasteiger partial charge in [-0.1, -0.05) is 12.1 Å². The summed E-state index contributed by atoms with van der Waals surface area (Å²) in [5.41, 5.74) is 5.76. The number of carboxylic acid groups (broad SMARTS) is 1. The molecule has 0 aromatic heterocycles. The Labute approximate surface area is 172 Å². The lowest BCUT2D eigenvalue weighted by Crippen LogP contribution is -2.53. The van der Waals surface area contributed by atoms with Crippen molar-refractivity contribution in [1.82, 2.24) is 16.0 Å². The van der Waals surface area contributed by atoms with Crippen molar-refractivity contribution in [3.8, 4) is 5.75 Å². The number of aliphatic carboxylic acids is 1. The van der Waals surface area contributed by atoms with Crippen molar-refractivity contribution in [2.45, 2.75) is 24.9 Å². The Morgan fingerprint density at radius 3 is 2.28 bits per heavy atom. The minimum absolute atomic E-state index is 0.0110. The standard InChI is InChI=1S/C18H26N4O6S/c1-29-7-6-13(21-16(25)10-20-15(24)9-19)17(26)22-14(18(27)28)8-11-2-4-12(23)5-3-11/h2-5,13-14,23H,6-10,19H2,1H3,(H,20,24)(H,21,25)(H,22,26)(H,27,28). The van der Waals surface area contributed by atoms with Gasteiger partial charge in [0.1, 0.15) is 17.8 Å². The van der Waals surface area contributed by atoms with Crippen molar-refractivity contribution in [2.24, 2.45) is 5.73 Å². The predicted octanol–water partition coefficient (Wildman–Crippen LogP) is -1.18. The quantitative estimate of drug-likeness (QED) is 0.242. The highest BCUT2D eigenvalue weighted by Gasteiger charge is 2.26. The topological polar surface area (TPSA) is 171 Å². The van der Waals surface area contributed by atoms with Crippen molar-refractivity contribution in [3.63, 3.8) is 0 Å². The fraction of sp³-hybridized carbons (Fsp3) is 0.444. The van der Waals surface area contributed by atoms with Crippen LogP contribution in [0.1, 0.15) is 12.0 Å². The monoisotopic (exact) mass is 426 g/mol. The Bertz CT molecular complexity index is 713. The first kappa shape index (κ1) is 24.2. The molecule has 0 fully saturated rings. The van der Waals surface area contributed by atoms with Crippen molar-refractivity contribution < 1.29 is 29.4 Å². The molecule has 0 aliphatic carbocycles. The molecule has 11 heteroatoms. The lowest BCUT2D eigenvalue weighted by molar-refractivity contribution is -0.142. The van der Waals surface area contributed by atoms with E-state index in [9.17, 15) is 29.4 Å². The van der Waals surface area contributed by atoms with Gasteiger partial charge in [-0.05, 0) is 36.1 Å². The van der Waals surface area contributed by atoms with Crippen LogP contribution in [0.2, 0.25) is 0 Å². The minimum atomic E-state index is -1.23. The Balaban J connectivity index is 2.76. The van der Waals surface area contributed by atoms with Crippen LogP contribution in [0.5, 0.6) is 5.75 Å². The van der Waals surface area contributed by atoms with Gasteiger partial charge in [0.2, 0.25) is 17.7 Å². The van der Waals surface area contributed by atoms with Gasteiger partial charge >= 0.3 is 5.97 Å². The summed E-state index contributed by atoms with van der Waals surface area (Å²) in [5.74, 6) is -2.35. The fourth-order valence-electron chi connectivity index (χ4n) is 2.34. The van der Waals surface area contributed by atoms with Gasteiger partial charge < -0.3 is 31.9 Å². The maximum Gasteiger partial charge on any atom is 0.326 e. The van der Waals surface area contributed by atoms with Crippen LogP contribution in [0.3, 0.4) is 0 Å². The average Bonchev–Trinajstić information content (AvgIpc) is 2.69. The van der Waals surface area contributed by atoms with Crippen molar-refractivity contribution in [2.75, 3.05) is 25.1 Å². The van der Waals surface area contributed by atoms with Crippen LogP contribution in [-0.2, 0) is 25.6 Å². The summed E-state index contributed by atoms with van der Waals surface area (Å²) in [4.78, 5) is 47.3. The van der Waals surface area contributed by atoms with Gasteiger partial charge in [0.25, 0.3) is 0 Å². The molecule has 0 aliphatic rings. The van der Waals surface area contributed by atoms with Gasteiger partial charge in [-0.15, -0.1) is 0 Å². The van der Waals surface area contributed by atoms with E-state index in [4.69, 9.17) is 5.73 Å². The Morgan fingerprint density at radius 1 is 1.07 bits per heavy atom. The number of benzene rings is 1. The van der Waals surface area contributed by atoms with E-state index in [1.807, 2.05) is 6.26 Å². The lowest BCUT2D eigenvalue weighted by Gasteiger charge is -2.21. The predicted molar refractivity (Wildman–Crippen MR) is 108 cm³/mol. The molecule has 0 saturated heterocycles. The summed E-state index contributed by atoms with van der Waals surface area (Å²) >= 11 is 1.47. The zero-order valence-electron chi connectivity index (χ0n) is 16.0. The lowest BCUT2D eigenvalue weighted by atomic mass is 10.0. The number of nitrogens with two attached hydrogens (primary N) is 1. The number of carbonyl (C=O) groups is 4. The van der Waals surface area contributed by atoms with Gasteiger partial charge in [0.05, 0.1) is 13.1 Å². The van der Waals surface area contributed by atoms with E-state index in [2.05, 4.69) is 16.0 Å². The Kier molecular flexibility index (Phi) is 10.6. The molecule has 0 heterocycles. The molecule has 160 valence electrons. The van der Waals surface area contributed by atoms with Crippen LogP contribution in [0.25, 0.3) is 0 Å². The molecule has 0 radical (unpaired) electrons. The molecule has 0 aliphatic heterocycles. The van der Waals surface area contributed by atoms with E-state index in [1.165, 1.54) is 23.9 Å². The Morgan fingerprint density at radius 2 is 1.72 bits per heavy atom. The summed E-state index contributed by atoms with van der Waals surface area (Å²) in [6.07, 6.45) is 2.13. The third-order valence-electron chi connectivity index (χ3n) is 3.88. The number of carboxylic acids is 1. The summed E-state index contributed by atoms with van der Waals surface area (Å²) in [7, 11) is 0. The highest BCUT2D eigenvalue weighted by Crippen LogP contribution is 2.12. The van der Waals surface area contributed by atoms with Gasteiger partial charge in [-0.25, -0.2) is 4.79 Å². The summed E-state index contributed by atoms with van der Waals surface area (Å²) in [6, 6.07) is 3.80. The molecule has 2 atom stereocenters. The van der Waals surface area contributed by atoms with Gasteiger partial charge in [-0.3, -0.25) is 14.4 Å². The molecule has 0 saturated carbocycles. The second-order valence-electron chi connectivity index (χ2n) is 6.15. The molecular formula is C18H26N4O6S. The largest absolute Gasteiger partial charge is 0.508 e. The first-order chi connectivity index (χ1) is 13.8. The number of nitrogens with one attached hydrogen (secondary N) is 3. The van der Waals surface area contributed by atoms with E-state index in [-0.39, 0.29) is 31.7 Å². The number of aromatic hydroxyl groups is 1. The van der Waals surface area contributed by atoms with Crippen molar-refractivity contribution >= 4 is 35.5 Å². The molecule has 3 amide bonds.